The summed E-state index contributed by atoms with van der Waals surface area (Å²) >= 11 is 0. The molecular formula is C11H14N2O5. The van der Waals surface area contributed by atoms with Crippen LogP contribution >= 0.6 is 0 Å². The number of urea groups is 1. The minimum Gasteiger partial charge on any atom is -0.508 e. The Bertz CT molecular complexity index is 427. The Labute approximate surface area is 103 Å². The number of phenols is 2. The highest BCUT2D eigenvalue weighted by atomic mass is 16.4. The number of rotatable bonds is 5. The second-order valence-electron chi connectivity index (χ2n) is 3.62. The molecule has 1 aromatic rings. The second-order valence-corrected chi connectivity index (χ2v) is 3.62. The van der Waals surface area contributed by atoms with E-state index in [-0.39, 0.29) is 30.2 Å². The van der Waals surface area contributed by atoms with Gasteiger partial charge in [-0.3, -0.25) is 4.79 Å². The van der Waals surface area contributed by atoms with Crippen LogP contribution in [-0.4, -0.2) is 33.9 Å². The van der Waals surface area contributed by atoms with Crippen molar-refractivity contribution < 1.29 is 24.9 Å². The van der Waals surface area contributed by atoms with Crippen molar-refractivity contribution in [1.29, 1.82) is 0 Å². The summed E-state index contributed by atoms with van der Waals surface area (Å²) in [6.07, 6.45) is 0.307. The lowest BCUT2D eigenvalue weighted by Crippen LogP contribution is -2.29. The fourth-order valence-corrected chi connectivity index (χ4v) is 1.28. The van der Waals surface area contributed by atoms with Crippen LogP contribution in [0.2, 0.25) is 0 Å². The van der Waals surface area contributed by atoms with Gasteiger partial charge in [0.15, 0.2) is 0 Å². The molecule has 0 aliphatic heterocycles. The summed E-state index contributed by atoms with van der Waals surface area (Å²) in [5, 5.41) is 31.6. The first-order chi connectivity index (χ1) is 8.47. The van der Waals surface area contributed by atoms with Gasteiger partial charge >= 0.3 is 12.0 Å². The summed E-state index contributed by atoms with van der Waals surface area (Å²) < 4.78 is 0. The van der Waals surface area contributed by atoms with Crippen LogP contribution in [-0.2, 0) is 4.79 Å². The largest absolute Gasteiger partial charge is 0.508 e. The first kappa shape index (κ1) is 13.6. The van der Waals surface area contributed by atoms with Gasteiger partial charge in [0.1, 0.15) is 11.5 Å². The molecule has 0 heterocycles. The van der Waals surface area contributed by atoms with E-state index in [4.69, 9.17) is 5.11 Å². The quantitative estimate of drug-likeness (QED) is 0.504. The Kier molecular flexibility index (Phi) is 4.79. The Morgan fingerprint density at radius 3 is 2.28 bits per heavy atom. The summed E-state index contributed by atoms with van der Waals surface area (Å²) in [5.41, 5.74) is 0.239. The number of anilines is 1. The molecule has 0 aromatic heterocycles. The van der Waals surface area contributed by atoms with Crippen LogP contribution in [0, 0.1) is 0 Å². The SMILES string of the molecule is O=C(O)CCCNC(=O)Nc1cc(O)cc(O)c1. The molecule has 0 fully saturated rings. The summed E-state index contributed by atoms with van der Waals surface area (Å²) in [4.78, 5) is 21.6. The molecule has 18 heavy (non-hydrogen) atoms. The predicted octanol–water partition coefficient (Wildman–Crippen LogP) is 1.08. The number of carbonyl (C=O) groups excluding carboxylic acids is 1. The molecule has 1 rings (SSSR count). The molecule has 0 atom stereocenters. The maximum Gasteiger partial charge on any atom is 0.319 e. The zero-order valence-electron chi connectivity index (χ0n) is 9.51. The number of carboxylic acids is 1. The van der Waals surface area contributed by atoms with Gasteiger partial charge in [-0.2, -0.15) is 0 Å². The van der Waals surface area contributed by atoms with Crippen molar-refractivity contribution in [3.05, 3.63) is 18.2 Å². The number of benzene rings is 1. The van der Waals surface area contributed by atoms with Crippen molar-refractivity contribution in [2.75, 3.05) is 11.9 Å². The molecular weight excluding hydrogens is 240 g/mol. The van der Waals surface area contributed by atoms with E-state index in [1.165, 1.54) is 12.1 Å². The maximum absolute atomic E-state index is 11.3. The van der Waals surface area contributed by atoms with Gasteiger partial charge in [-0.25, -0.2) is 4.79 Å². The Hall–Kier alpha value is -2.44. The fourth-order valence-electron chi connectivity index (χ4n) is 1.28. The molecule has 2 amide bonds. The number of phenolic OH excluding ortho intramolecular Hbond substituents is 2. The van der Waals surface area contributed by atoms with Crippen molar-refractivity contribution in [2.45, 2.75) is 12.8 Å². The van der Waals surface area contributed by atoms with E-state index in [9.17, 15) is 19.8 Å². The van der Waals surface area contributed by atoms with Crippen molar-refractivity contribution in [2.24, 2.45) is 0 Å². The lowest BCUT2D eigenvalue weighted by molar-refractivity contribution is -0.137. The van der Waals surface area contributed by atoms with Crippen LogP contribution in [0.5, 0.6) is 11.5 Å². The van der Waals surface area contributed by atoms with Crippen molar-refractivity contribution >= 4 is 17.7 Å². The third kappa shape index (κ3) is 5.06. The van der Waals surface area contributed by atoms with E-state index < -0.39 is 12.0 Å². The van der Waals surface area contributed by atoms with E-state index in [1.807, 2.05) is 0 Å². The van der Waals surface area contributed by atoms with Crippen LogP contribution in [0.15, 0.2) is 18.2 Å². The first-order valence-electron chi connectivity index (χ1n) is 5.27. The molecule has 1 aromatic carbocycles. The van der Waals surface area contributed by atoms with E-state index in [1.54, 1.807) is 0 Å². The third-order valence-corrected chi connectivity index (χ3v) is 2.01. The second kappa shape index (κ2) is 6.33. The number of aromatic hydroxyl groups is 2. The first-order valence-corrected chi connectivity index (χ1v) is 5.27. The molecule has 5 N–H and O–H groups in total. The Morgan fingerprint density at radius 1 is 1.11 bits per heavy atom. The number of aliphatic carboxylic acids is 1. The summed E-state index contributed by atoms with van der Waals surface area (Å²) in [6.45, 7) is 0.225. The highest BCUT2D eigenvalue weighted by Crippen LogP contribution is 2.23. The topological polar surface area (TPSA) is 119 Å². The van der Waals surface area contributed by atoms with Gasteiger partial charge in [-0.05, 0) is 6.42 Å². The number of hydrogen-bond donors (Lipinski definition) is 5. The van der Waals surface area contributed by atoms with E-state index in [0.29, 0.717) is 6.42 Å². The number of amides is 2. The molecule has 0 aliphatic carbocycles. The summed E-state index contributed by atoms with van der Waals surface area (Å²) in [5.74, 6) is -1.26. The third-order valence-electron chi connectivity index (χ3n) is 2.01. The normalized spacial score (nSPS) is 9.78. The molecule has 0 bridgehead atoms. The van der Waals surface area contributed by atoms with Crippen molar-refractivity contribution in [3.8, 4) is 11.5 Å². The van der Waals surface area contributed by atoms with Crippen LogP contribution < -0.4 is 10.6 Å². The lowest BCUT2D eigenvalue weighted by atomic mass is 10.3. The number of carbonyl (C=O) groups is 2. The number of nitrogens with one attached hydrogen (secondary N) is 2. The molecule has 0 spiro atoms. The fraction of sp³-hybridized carbons (Fsp3) is 0.273. The van der Waals surface area contributed by atoms with Gasteiger partial charge in [0.05, 0.1) is 0 Å². The molecule has 0 aliphatic rings. The summed E-state index contributed by atoms with van der Waals surface area (Å²) in [6, 6.07) is 3.15. The zero-order chi connectivity index (χ0) is 13.5. The standard InChI is InChI=1S/C11H14N2O5/c14-8-4-7(5-9(15)6-8)13-11(18)12-3-1-2-10(16)17/h4-6,14-15H,1-3H2,(H,16,17)(H2,12,13,18). The number of carboxylic acid groups (broad SMARTS) is 1. The van der Waals surface area contributed by atoms with Gasteiger partial charge in [0.2, 0.25) is 0 Å². The van der Waals surface area contributed by atoms with Gasteiger partial charge in [0, 0.05) is 36.9 Å². The molecule has 7 heteroatoms. The predicted molar refractivity (Wildman–Crippen MR) is 63.7 cm³/mol. The van der Waals surface area contributed by atoms with Gasteiger partial charge in [0.25, 0.3) is 0 Å². The van der Waals surface area contributed by atoms with Gasteiger partial charge in [-0.15, -0.1) is 0 Å². The molecule has 0 radical (unpaired) electrons. The van der Waals surface area contributed by atoms with Crippen molar-refractivity contribution in [1.82, 2.24) is 5.32 Å². The Balaban J connectivity index is 2.37. The molecule has 0 saturated heterocycles. The van der Waals surface area contributed by atoms with Crippen LogP contribution in [0.1, 0.15) is 12.8 Å². The van der Waals surface area contributed by atoms with E-state index in [0.717, 1.165) is 6.07 Å². The molecule has 0 saturated carbocycles. The van der Waals surface area contributed by atoms with Gasteiger partial charge in [-0.1, -0.05) is 0 Å². The smallest absolute Gasteiger partial charge is 0.319 e. The monoisotopic (exact) mass is 254 g/mol. The number of hydrogen-bond acceptors (Lipinski definition) is 4. The highest BCUT2D eigenvalue weighted by Gasteiger charge is 2.04. The zero-order valence-corrected chi connectivity index (χ0v) is 9.51. The summed E-state index contributed by atoms with van der Waals surface area (Å²) in [7, 11) is 0. The van der Waals surface area contributed by atoms with Gasteiger partial charge < -0.3 is 26.0 Å². The van der Waals surface area contributed by atoms with Crippen LogP contribution in [0.25, 0.3) is 0 Å². The van der Waals surface area contributed by atoms with Crippen LogP contribution in [0.4, 0.5) is 10.5 Å². The minimum absolute atomic E-state index is 0.0206. The molecule has 98 valence electrons. The van der Waals surface area contributed by atoms with E-state index in [2.05, 4.69) is 10.6 Å². The molecule has 0 unspecified atom stereocenters. The maximum atomic E-state index is 11.3. The minimum atomic E-state index is -0.921. The lowest BCUT2D eigenvalue weighted by Gasteiger charge is -2.07. The van der Waals surface area contributed by atoms with Crippen LogP contribution in [0.3, 0.4) is 0 Å². The van der Waals surface area contributed by atoms with Crippen molar-refractivity contribution in [3.63, 3.8) is 0 Å². The van der Waals surface area contributed by atoms with E-state index >= 15 is 0 Å². The average molecular weight is 254 g/mol. The molecule has 7 nitrogen and oxygen atoms in total. The Morgan fingerprint density at radius 2 is 1.72 bits per heavy atom. The average Bonchev–Trinajstić information content (AvgIpc) is 2.22. The highest BCUT2D eigenvalue weighted by molar-refractivity contribution is 5.89.